The average molecular weight is 255 g/mol. The van der Waals surface area contributed by atoms with Crippen molar-refractivity contribution in [2.24, 2.45) is 0 Å². The molecule has 0 bridgehead atoms. The number of likely N-dealkylation sites (tertiary alicyclic amines) is 1. The topological polar surface area (TPSA) is 12.5 Å². The van der Waals surface area contributed by atoms with Crippen LogP contribution in [0.25, 0.3) is 0 Å². The van der Waals surface area contributed by atoms with Crippen molar-refractivity contribution in [2.75, 3.05) is 20.2 Å². The summed E-state index contributed by atoms with van der Waals surface area (Å²) in [5.74, 6) is 0. The molecule has 2 nitrogen and oxygen atoms in total. The van der Waals surface area contributed by atoms with E-state index in [1.54, 1.807) is 0 Å². The quantitative estimate of drug-likeness (QED) is 0.698. The maximum Gasteiger partial charge on any atom is 0.109 e. The molecule has 3 heteroatoms. The van der Waals surface area contributed by atoms with Gasteiger partial charge in [-0.15, -0.1) is 0 Å². The highest BCUT2D eigenvalue weighted by Crippen LogP contribution is 2.15. The molecule has 0 radical (unpaired) electrons. The van der Waals surface area contributed by atoms with E-state index in [1.807, 2.05) is 23.0 Å². The van der Waals surface area contributed by atoms with Crippen molar-refractivity contribution < 1.29 is 3.07 Å². The number of rotatable bonds is 2. The molecule has 1 aliphatic heterocycles. The molecule has 1 aliphatic rings. The molecular formula is C7H14INO. The van der Waals surface area contributed by atoms with Crippen molar-refractivity contribution in [2.45, 2.75) is 25.3 Å². The Morgan fingerprint density at radius 3 is 3.00 bits per heavy atom. The van der Waals surface area contributed by atoms with Gasteiger partial charge in [0, 0.05) is 6.04 Å². The maximum atomic E-state index is 5.08. The molecule has 1 unspecified atom stereocenters. The summed E-state index contributed by atoms with van der Waals surface area (Å²) < 4.78 is 5.08. The minimum atomic E-state index is 0.672. The normalized spacial score (nSPS) is 28.8. The Kier molecular flexibility index (Phi) is 3.95. The van der Waals surface area contributed by atoms with E-state index in [9.17, 15) is 0 Å². The van der Waals surface area contributed by atoms with Gasteiger partial charge in [-0.2, -0.15) is 0 Å². The van der Waals surface area contributed by atoms with Crippen LogP contribution in [0.15, 0.2) is 0 Å². The van der Waals surface area contributed by atoms with Crippen molar-refractivity contribution >= 4 is 23.0 Å². The lowest BCUT2D eigenvalue weighted by Gasteiger charge is -2.31. The molecule has 60 valence electrons. The predicted octanol–water partition coefficient (Wildman–Crippen LogP) is 1.84. The van der Waals surface area contributed by atoms with E-state index in [4.69, 9.17) is 3.07 Å². The van der Waals surface area contributed by atoms with Crippen LogP contribution in [0.3, 0.4) is 0 Å². The van der Waals surface area contributed by atoms with E-state index >= 15 is 0 Å². The lowest BCUT2D eigenvalue weighted by atomic mass is 10.0. The van der Waals surface area contributed by atoms with E-state index in [1.165, 1.54) is 25.8 Å². The van der Waals surface area contributed by atoms with Crippen LogP contribution in [0.2, 0.25) is 0 Å². The summed E-state index contributed by atoms with van der Waals surface area (Å²) in [4.78, 5) is 2.39. The smallest absolute Gasteiger partial charge is 0.109 e. The summed E-state index contributed by atoms with van der Waals surface area (Å²) in [6.07, 6.45) is 4.03. The predicted molar refractivity (Wildman–Crippen MR) is 50.2 cm³/mol. The Morgan fingerprint density at radius 2 is 2.40 bits per heavy atom. The number of nitrogens with zero attached hydrogens (tertiary/aromatic N) is 1. The second-order valence-corrected chi connectivity index (χ2v) is 3.53. The molecular weight excluding hydrogens is 241 g/mol. The first-order valence-corrected chi connectivity index (χ1v) is 4.66. The highest BCUT2D eigenvalue weighted by Gasteiger charge is 2.17. The van der Waals surface area contributed by atoms with Crippen molar-refractivity contribution in [3.05, 3.63) is 0 Å². The lowest BCUT2D eigenvalue weighted by molar-refractivity contribution is 0.145. The molecule has 0 aromatic carbocycles. The number of piperidine rings is 1. The first-order chi connectivity index (χ1) is 4.84. The molecule has 0 aromatic heterocycles. The highest BCUT2D eigenvalue weighted by molar-refractivity contribution is 14.1. The maximum absolute atomic E-state index is 5.08. The van der Waals surface area contributed by atoms with Gasteiger partial charge in [0.2, 0.25) is 0 Å². The standard InChI is InChI=1S/C7H14INO/c1-9-5-3-2-4-7(9)6-10-8/h7H,2-6H2,1H3. The Labute approximate surface area is 76.6 Å². The van der Waals surface area contributed by atoms with E-state index in [-0.39, 0.29) is 0 Å². The third-order valence-corrected chi connectivity index (χ3v) is 2.54. The average Bonchev–Trinajstić information content (AvgIpc) is 1.94. The van der Waals surface area contributed by atoms with Gasteiger partial charge >= 0.3 is 0 Å². The van der Waals surface area contributed by atoms with Crippen LogP contribution in [0.4, 0.5) is 0 Å². The molecule has 1 rings (SSSR count). The van der Waals surface area contributed by atoms with Gasteiger partial charge in [0.1, 0.15) is 23.0 Å². The highest BCUT2D eigenvalue weighted by atomic mass is 127. The second-order valence-electron chi connectivity index (χ2n) is 2.91. The third kappa shape index (κ3) is 2.36. The van der Waals surface area contributed by atoms with Crippen LogP contribution in [0.1, 0.15) is 19.3 Å². The molecule has 10 heavy (non-hydrogen) atoms. The summed E-state index contributed by atoms with van der Waals surface area (Å²) in [5.41, 5.74) is 0. The molecule has 1 heterocycles. The summed E-state index contributed by atoms with van der Waals surface area (Å²) in [7, 11) is 2.18. The molecule has 0 saturated carbocycles. The first kappa shape index (κ1) is 8.74. The van der Waals surface area contributed by atoms with Gasteiger partial charge in [0.25, 0.3) is 0 Å². The Morgan fingerprint density at radius 1 is 1.60 bits per heavy atom. The van der Waals surface area contributed by atoms with Crippen molar-refractivity contribution in [1.82, 2.24) is 4.90 Å². The minimum Gasteiger partial charge on any atom is -0.314 e. The Balaban J connectivity index is 2.25. The van der Waals surface area contributed by atoms with Crippen molar-refractivity contribution in [1.29, 1.82) is 0 Å². The number of likely N-dealkylation sites (N-methyl/N-ethyl adjacent to an activating group) is 1. The van der Waals surface area contributed by atoms with Crippen molar-refractivity contribution in [3.63, 3.8) is 0 Å². The van der Waals surface area contributed by atoms with Crippen LogP contribution in [0.5, 0.6) is 0 Å². The molecule has 0 spiro atoms. The fraction of sp³-hybridized carbons (Fsp3) is 1.00. The number of hydrogen-bond donors (Lipinski definition) is 0. The summed E-state index contributed by atoms with van der Waals surface area (Å²) in [6, 6.07) is 0.672. The monoisotopic (exact) mass is 255 g/mol. The SMILES string of the molecule is CN1CCCCC1COI. The zero-order chi connectivity index (χ0) is 7.40. The molecule has 0 amide bonds. The molecule has 0 aromatic rings. The van der Waals surface area contributed by atoms with Crippen molar-refractivity contribution in [3.8, 4) is 0 Å². The second kappa shape index (κ2) is 4.51. The summed E-state index contributed by atoms with van der Waals surface area (Å²) >= 11 is 1.97. The molecule has 1 saturated heterocycles. The van der Waals surface area contributed by atoms with Gasteiger partial charge < -0.3 is 7.97 Å². The zero-order valence-corrected chi connectivity index (χ0v) is 8.50. The van der Waals surface area contributed by atoms with E-state index < -0.39 is 0 Å². The van der Waals surface area contributed by atoms with Gasteiger partial charge in [-0.1, -0.05) is 6.42 Å². The van der Waals surface area contributed by atoms with Crippen LogP contribution >= 0.6 is 23.0 Å². The summed E-state index contributed by atoms with van der Waals surface area (Å²) in [5, 5.41) is 0. The van der Waals surface area contributed by atoms with Gasteiger partial charge in [-0.3, -0.25) is 0 Å². The molecule has 1 fully saturated rings. The van der Waals surface area contributed by atoms with Gasteiger partial charge in [0.15, 0.2) is 0 Å². The van der Waals surface area contributed by atoms with Gasteiger partial charge in [0.05, 0.1) is 6.61 Å². The first-order valence-electron chi connectivity index (χ1n) is 3.78. The Bertz CT molecular complexity index is 97.6. The zero-order valence-electron chi connectivity index (χ0n) is 6.35. The largest absolute Gasteiger partial charge is 0.314 e. The van der Waals surface area contributed by atoms with Gasteiger partial charge in [-0.25, -0.2) is 0 Å². The van der Waals surface area contributed by atoms with Crippen LogP contribution in [-0.4, -0.2) is 31.1 Å². The number of halogens is 1. The van der Waals surface area contributed by atoms with Gasteiger partial charge in [-0.05, 0) is 26.4 Å². The van der Waals surface area contributed by atoms with Crippen LogP contribution in [0, 0.1) is 0 Å². The molecule has 0 aliphatic carbocycles. The van der Waals surface area contributed by atoms with E-state index in [2.05, 4.69) is 11.9 Å². The third-order valence-electron chi connectivity index (χ3n) is 2.18. The fourth-order valence-electron chi connectivity index (χ4n) is 1.43. The van der Waals surface area contributed by atoms with E-state index in [0.29, 0.717) is 6.04 Å². The lowest BCUT2D eigenvalue weighted by Crippen LogP contribution is -2.38. The number of hydrogen-bond acceptors (Lipinski definition) is 2. The van der Waals surface area contributed by atoms with Crippen LogP contribution in [-0.2, 0) is 3.07 Å². The molecule has 0 N–H and O–H groups in total. The minimum absolute atomic E-state index is 0.672. The molecule has 1 atom stereocenters. The van der Waals surface area contributed by atoms with Crippen LogP contribution < -0.4 is 0 Å². The van der Waals surface area contributed by atoms with E-state index in [0.717, 1.165) is 6.61 Å². The fourth-order valence-corrected chi connectivity index (χ4v) is 1.84. The Hall–Kier alpha value is 0.650. The summed E-state index contributed by atoms with van der Waals surface area (Å²) in [6.45, 7) is 2.13.